The van der Waals surface area contributed by atoms with Crippen molar-refractivity contribution in [1.29, 1.82) is 0 Å². The fraction of sp³-hybridized carbons (Fsp3) is 0.167. The highest BCUT2D eigenvalue weighted by Crippen LogP contribution is 2.08. The number of hydrogen-bond donors (Lipinski definition) is 3. The number of carbonyl (C=O) groups excluding carboxylic acids is 2. The van der Waals surface area contributed by atoms with Gasteiger partial charge in [0, 0.05) is 6.42 Å². The fourth-order valence-corrected chi connectivity index (χ4v) is 2.27. The van der Waals surface area contributed by atoms with Crippen LogP contribution in [-0.2, 0) is 22.4 Å². The highest BCUT2D eigenvalue weighted by atomic mass is 16.4. The zero-order valence-electron chi connectivity index (χ0n) is 12.9. The Balaban J connectivity index is 2.00. The van der Waals surface area contributed by atoms with Gasteiger partial charge in [-0.2, -0.15) is 0 Å². The molecule has 0 saturated carbocycles. The van der Waals surface area contributed by atoms with Crippen LogP contribution in [0.15, 0.2) is 54.6 Å². The van der Waals surface area contributed by atoms with E-state index < -0.39 is 17.9 Å². The van der Waals surface area contributed by atoms with Crippen LogP contribution in [0.4, 0.5) is 0 Å². The summed E-state index contributed by atoms with van der Waals surface area (Å²) in [6, 6.07) is 14.4. The van der Waals surface area contributed by atoms with Gasteiger partial charge in [0.25, 0.3) is 0 Å². The van der Waals surface area contributed by atoms with Crippen molar-refractivity contribution in [2.75, 3.05) is 0 Å². The Morgan fingerprint density at radius 2 is 1.58 bits per heavy atom. The van der Waals surface area contributed by atoms with Crippen LogP contribution in [0.3, 0.4) is 0 Å². The van der Waals surface area contributed by atoms with Gasteiger partial charge < -0.3 is 16.2 Å². The predicted molar refractivity (Wildman–Crippen MR) is 88.4 cm³/mol. The first-order valence-corrected chi connectivity index (χ1v) is 7.40. The number of aromatic carboxylic acids is 1. The zero-order chi connectivity index (χ0) is 17.5. The van der Waals surface area contributed by atoms with Gasteiger partial charge in [-0.15, -0.1) is 0 Å². The molecule has 2 aromatic carbocycles. The van der Waals surface area contributed by atoms with Crippen LogP contribution in [0, 0.1) is 0 Å². The Morgan fingerprint density at radius 3 is 2.12 bits per heavy atom. The average Bonchev–Trinajstić information content (AvgIpc) is 2.55. The van der Waals surface area contributed by atoms with Crippen molar-refractivity contribution in [3.8, 4) is 0 Å². The molecule has 0 aliphatic carbocycles. The minimum absolute atomic E-state index is 0.155. The van der Waals surface area contributed by atoms with E-state index in [1.807, 2.05) is 30.3 Å². The van der Waals surface area contributed by atoms with Crippen molar-refractivity contribution in [2.24, 2.45) is 5.73 Å². The number of carbonyl (C=O) groups is 3. The largest absolute Gasteiger partial charge is 0.478 e. The second kappa shape index (κ2) is 7.92. The molecule has 0 aliphatic heterocycles. The van der Waals surface area contributed by atoms with Crippen molar-refractivity contribution in [3.63, 3.8) is 0 Å². The van der Waals surface area contributed by atoms with Crippen molar-refractivity contribution in [3.05, 3.63) is 71.3 Å². The predicted octanol–water partition coefficient (Wildman–Crippen LogP) is 1.14. The molecule has 1 atom stereocenters. The average molecular weight is 326 g/mol. The van der Waals surface area contributed by atoms with Gasteiger partial charge in [-0.05, 0) is 23.3 Å². The molecule has 0 unspecified atom stereocenters. The molecular weight excluding hydrogens is 308 g/mol. The summed E-state index contributed by atoms with van der Waals surface area (Å²) >= 11 is 0. The molecule has 0 spiro atoms. The maximum absolute atomic E-state index is 12.1. The highest BCUT2D eigenvalue weighted by molar-refractivity contribution is 5.88. The number of carboxylic acids is 1. The third-order valence-corrected chi connectivity index (χ3v) is 3.53. The molecule has 0 saturated heterocycles. The van der Waals surface area contributed by atoms with Crippen LogP contribution in [-0.4, -0.2) is 28.9 Å². The number of primary amides is 1. The lowest BCUT2D eigenvalue weighted by atomic mass is 10.0. The fourth-order valence-electron chi connectivity index (χ4n) is 2.27. The van der Waals surface area contributed by atoms with Crippen molar-refractivity contribution in [2.45, 2.75) is 18.9 Å². The molecule has 6 nitrogen and oxygen atoms in total. The summed E-state index contributed by atoms with van der Waals surface area (Å²) < 4.78 is 0. The topological polar surface area (TPSA) is 109 Å². The van der Waals surface area contributed by atoms with Gasteiger partial charge in [-0.1, -0.05) is 42.5 Å². The second-order valence-electron chi connectivity index (χ2n) is 5.39. The van der Waals surface area contributed by atoms with Gasteiger partial charge in [-0.25, -0.2) is 4.79 Å². The molecule has 0 heterocycles. The molecule has 0 bridgehead atoms. The Morgan fingerprint density at radius 1 is 0.958 bits per heavy atom. The number of hydrogen-bond acceptors (Lipinski definition) is 3. The first-order valence-electron chi connectivity index (χ1n) is 7.40. The van der Waals surface area contributed by atoms with Gasteiger partial charge in [0.15, 0.2) is 0 Å². The zero-order valence-corrected chi connectivity index (χ0v) is 12.9. The maximum atomic E-state index is 12.1. The summed E-state index contributed by atoms with van der Waals surface area (Å²) in [5, 5.41) is 11.5. The minimum atomic E-state index is -1.02. The molecule has 0 fully saturated rings. The smallest absolute Gasteiger partial charge is 0.335 e. The Kier molecular flexibility index (Phi) is 5.68. The first kappa shape index (κ1) is 17.2. The van der Waals surface area contributed by atoms with E-state index in [-0.39, 0.29) is 24.3 Å². The van der Waals surface area contributed by atoms with Gasteiger partial charge in [-0.3, -0.25) is 9.59 Å². The third-order valence-electron chi connectivity index (χ3n) is 3.53. The van der Waals surface area contributed by atoms with E-state index in [1.54, 1.807) is 12.1 Å². The van der Waals surface area contributed by atoms with Crippen molar-refractivity contribution in [1.82, 2.24) is 5.32 Å². The highest BCUT2D eigenvalue weighted by Gasteiger charge is 2.19. The van der Waals surface area contributed by atoms with E-state index >= 15 is 0 Å². The SMILES string of the molecule is NC(=O)[C@H](Cc1ccc(C(=O)O)cc1)NC(=O)Cc1ccccc1. The summed E-state index contributed by atoms with van der Waals surface area (Å²) in [5.41, 5.74) is 7.06. The van der Waals surface area contributed by atoms with E-state index in [1.165, 1.54) is 12.1 Å². The summed E-state index contributed by atoms with van der Waals surface area (Å²) in [7, 11) is 0. The molecule has 4 N–H and O–H groups in total. The van der Waals surface area contributed by atoms with Gasteiger partial charge in [0.2, 0.25) is 11.8 Å². The van der Waals surface area contributed by atoms with Crippen LogP contribution in [0.5, 0.6) is 0 Å². The quantitative estimate of drug-likeness (QED) is 0.708. The van der Waals surface area contributed by atoms with Crippen LogP contribution in [0.25, 0.3) is 0 Å². The van der Waals surface area contributed by atoms with E-state index in [0.717, 1.165) is 5.56 Å². The van der Waals surface area contributed by atoms with Crippen LogP contribution < -0.4 is 11.1 Å². The number of nitrogens with two attached hydrogens (primary N) is 1. The van der Waals surface area contributed by atoms with E-state index in [9.17, 15) is 14.4 Å². The summed E-state index contributed by atoms with van der Waals surface area (Å²) in [6.07, 6.45) is 0.359. The van der Waals surface area contributed by atoms with Crippen LogP contribution in [0.1, 0.15) is 21.5 Å². The van der Waals surface area contributed by atoms with Gasteiger partial charge in [0.05, 0.1) is 12.0 Å². The van der Waals surface area contributed by atoms with E-state index in [2.05, 4.69) is 5.32 Å². The maximum Gasteiger partial charge on any atom is 0.335 e. The Labute approximate surface area is 139 Å². The monoisotopic (exact) mass is 326 g/mol. The number of benzene rings is 2. The molecule has 0 aromatic heterocycles. The number of amides is 2. The first-order chi connectivity index (χ1) is 11.5. The number of rotatable bonds is 7. The minimum Gasteiger partial charge on any atom is -0.478 e. The van der Waals surface area contributed by atoms with Gasteiger partial charge in [0.1, 0.15) is 6.04 Å². The van der Waals surface area contributed by atoms with E-state index in [4.69, 9.17) is 10.8 Å². The molecular formula is C18H18N2O4. The van der Waals surface area contributed by atoms with Crippen molar-refractivity contribution < 1.29 is 19.5 Å². The van der Waals surface area contributed by atoms with Crippen LogP contribution >= 0.6 is 0 Å². The van der Waals surface area contributed by atoms with Crippen LogP contribution in [0.2, 0.25) is 0 Å². The van der Waals surface area contributed by atoms with Gasteiger partial charge >= 0.3 is 5.97 Å². The van der Waals surface area contributed by atoms with Crippen molar-refractivity contribution >= 4 is 17.8 Å². The second-order valence-corrected chi connectivity index (χ2v) is 5.39. The molecule has 2 aromatic rings. The lowest BCUT2D eigenvalue weighted by Gasteiger charge is -2.16. The molecule has 6 heteroatoms. The normalized spacial score (nSPS) is 11.5. The lowest BCUT2D eigenvalue weighted by Crippen LogP contribution is -2.46. The lowest BCUT2D eigenvalue weighted by molar-refractivity contribution is -0.127. The third kappa shape index (κ3) is 4.95. The summed E-state index contributed by atoms with van der Waals surface area (Å²) in [4.78, 5) is 34.5. The van der Waals surface area contributed by atoms with E-state index in [0.29, 0.717) is 5.56 Å². The number of carboxylic acid groups (broad SMARTS) is 1. The number of nitrogens with one attached hydrogen (secondary N) is 1. The molecule has 0 aliphatic rings. The standard InChI is InChI=1S/C18H18N2O4/c19-17(22)15(10-13-6-8-14(9-7-13)18(23)24)20-16(21)11-12-4-2-1-3-5-12/h1-9,15H,10-11H2,(H2,19,22)(H,20,21)(H,23,24)/t15-/m0/s1. The molecule has 2 rings (SSSR count). The molecule has 2 amide bonds. The summed E-state index contributed by atoms with van der Waals surface area (Å²) in [5.74, 6) is -1.96. The molecule has 124 valence electrons. The molecule has 0 radical (unpaired) electrons. The molecule has 24 heavy (non-hydrogen) atoms. The Hall–Kier alpha value is -3.15. The summed E-state index contributed by atoms with van der Waals surface area (Å²) in [6.45, 7) is 0. The Bertz CT molecular complexity index is 726.